The van der Waals surface area contributed by atoms with Gasteiger partial charge in [0.25, 0.3) is 0 Å². The van der Waals surface area contributed by atoms with Crippen LogP contribution in [0.15, 0.2) is 83.8 Å². The highest BCUT2D eigenvalue weighted by Gasteiger charge is 2.20. The molecule has 2 heterocycles. The first-order chi connectivity index (χ1) is 16.1. The maximum Gasteiger partial charge on any atom is 0.333 e. The van der Waals surface area contributed by atoms with Crippen molar-refractivity contribution in [1.82, 2.24) is 9.13 Å². The van der Waals surface area contributed by atoms with Crippen molar-refractivity contribution in [3.63, 3.8) is 0 Å². The number of nitrogens with one attached hydrogen (secondary N) is 1. The van der Waals surface area contributed by atoms with Crippen LogP contribution in [0, 0.1) is 0 Å². The minimum atomic E-state index is -0.337. The zero-order valence-corrected chi connectivity index (χ0v) is 17.9. The Balaban J connectivity index is 1.55. The first-order valence-electron chi connectivity index (χ1n) is 10.3. The van der Waals surface area contributed by atoms with Gasteiger partial charge in [-0.3, -0.25) is 13.9 Å². The van der Waals surface area contributed by atoms with Crippen molar-refractivity contribution in [2.45, 2.75) is 6.54 Å². The largest absolute Gasteiger partial charge is 0.497 e. The summed E-state index contributed by atoms with van der Waals surface area (Å²) in [5, 5.41) is 2.83. The molecule has 1 aromatic heterocycles. The third-order valence-corrected chi connectivity index (χ3v) is 5.36. The Morgan fingerprint density at radius 1 is 1.00 bits per heavy atom. The van der Waals surface area contributed by atoms with Crippen LogP contribution < -0.4 is 25.2 Å². The van der Waals surface area contributed by atoms with Crippen LogP contribution in [0.25, 0.3) is 16.9 Å². The fourth-order valence-corrected chi connectivity index (χ4v) is 3.71. The topological polar surface area (TPSA) is 83.7 Å². The van der Waals surface area contributed by atoms with Crippen LogP contribution in [0.3, 0.4) is 0 Å². The number of hydrogen-bond acceptors (Lipinski definition) is 5. The predicted molar refractivity (Wildman–Crippen MR) is 123 cm³/mol. The molecule has 0 fully saturated rings. The molecule has 0 bridgehead atoms. The molecule has 0 unspecified atom stereocenters. The molecule has 8 nitrogen and oxygen atoms in total. The van der Waals surface area contributed by atoms with E-state index in [9.17, 15) is 9.59 Å². The number of rotatable bonds is 6. The molecule has 0 saturated carbocycles. The van der Waals surface area contributed by atoms with Crippen LogP contribution >= 0.6 is 0 Å². The molecular formula is C25H21N3O5. The molecule has 0 atom stereocenters. The molecule has 8 heteroatoms. The number of fused-ring (bicyclic) bond motifs is 1. The monoisotopic (exact) mass is 443 g/mol. The quantitative estimate of drug-likeness (QED) is 0.492. The third-order valence-electron chi connectivity index (χ3n) is 5.36. The zero-order valence-electron chi connectivity index (χ0n) is 17.9. The summed E-state index contributed by atoms with van der Waals surface area (Å²) in [7, 11) is 1.58. The molecule has 5 rings (SSSR count). The van der Waals surface area contributed by atoms with E-state index in [0.29, 0.717) is 34.3 Å². The number of nitrogens with zero attached hydrogens (tertiary/aromatic N) is 2. The number of hydrogen-bond donors (Lipinski definition) is 1. The van der Waals surface area contributed by atoms with Crippen LogP contribution in [0.1, 0.15) is 0 Å². The van der Waals surface area contributed by atoms with E-state index < -0.39 is 0 Å². The Labute approximate surface area is 189 Å². The van der Waals surface area contributed by atoms with E-state index in [2.05, 4.69) is 5.32 Å². The second-order valence-corrected chi connectivity index (χ2v) is 7.43. The molecule has 0 saturated heterocycles. The molecule has 0 radical (unpaired) electrons. The summed E-state index contributed by atoms with van der Waals surface area (Å²) in [4.78, 5) is 26.2. The predicted octanol–water partition coefficient (Wildman–Crippen LogP) is 3.68. The summed E-state index contributed by atoms with van der Waals surface area (Å²) in [6.45, 7) is -0.00140. The Morgan fingerprint density at radius 2 is 1.76 bits per heavy atom. The van der Waals surface area contributed by atoms with Crippen molar-refractivity contribution in [3.8, 4) is 34.2 Å². The van der Waals surface area contributed by atoms with Crippen molar-refractivity contribution >= 4 is 11.6 Å². The Kier molecular flexibility index (Phi) is 5.32. The van der Waals surface area contributed by atoms with E-state index >= 15 is 0 Å². The van der Waals surface area contributed by atoms with Gasteiger partial charge in [0.2, 0.25) is 12.7 Å². The van der Waals surface area contributed by atoms with Crippen LogP contribution in [-0.2, 0) is 11.3 Å². The molecule has 1 aliphatic rings. The van der Waals surface area contributed by atoms with Gasteiger partial charge < -0.3 is 19.5 Å². The number of amides is 1. The number of methoxy groups -OCH3 is 1. The molecule has 33 heavy (non-hydrogen) atoms. The summed E-state index contributed by atoms with van der Waals surface area (Å²) in [6.07, 6.45) is 1.72. The summed E-state index contributed by atoms with van der Waals surface area (Å²) in [6, 6.07) is 21.7. The maximum absolute atomic E-state index is 13.4. The highest BCUT2D eigenvalue weighted by atomic mass is 16.7. The highest BCUT2D eigenvalue weighted by Crippen LogP contribution is 2.36. The summed E-state index contributed by atoms with van der Waals surface area (Å²) in [5.74, 6) is 1.61. The van der Waals surface area contributed by atoms with Crippen molar-refractivity contribution in [3.05, 3.63) is 89.5 Å². The lowest BCUT2D eigenvalue weighted by atomic mass is 10.1. The highest BCUT2D eigenvalue weighted by molar-refractivity contribution is 5.90. The van der Waals surface area contributed by atoms with E-state index in [4.69, 9.17) is 14.2 Å². The van der Waals surface area contributed by atoms with E-state index in [1.807, 2.05) is 24.3 Å². The average Bonchev–Trinajstić information content (AvgIpc) is 3.44. The SMILES string of the molecule is COc1ccc(-n2cc(-c3ccc4c(c3)OCO4)n(CC(=O)Nc3ccccc3)c2=O)cc1. The van der Waals surface area contributed by atoms with Crippen LogP contribution in [0.2, 0.25) is 0 Å². The first-order valence-corrected chi connectivity index (χ1v) is 10.3. The lowest BCUT2D eigenvalue weighted by molar-refractivity contribution is -0.116. The van der Waals surface area contributed by atoms with Gasteiger partial charge in [-0.05, 0) is 54.6 Å². The van der Waals surface area contributed by atoms with Crippen molar-refractivity contribution in [2.75, 3.05) is 19.2 Å². The lowest BCUT2D eigenvalue weighted by Crippen LogP contribution is -2.29. The fraction of sp³-hybridized carbons (Fsp3) is 0.120. The fourth-order valence-electron chi connectivity index (χ4n) is 3.71. The number of carbonyl (C=O) groups is 1. The summed E-state index contributed by atoms with van der Waals surface area (Å²) < 4.78 is 19.1. The number of imidazole rings is 1. The van der Waals surface area contributed by atoms with Gasteiger partial charge in [0, 0.05) is 17.4 Å². The van der Waals surface area contributed by atoms with E-state index in [-0.39, 0.29) is 24.9 Å². The number of carbonyl (C=O) groups excluding carboxylic acids is 1. The number of para-hydroxylation sites is 1. The van der Waals surface area contributed by atoms with E-state index in [1.54, 1.807) is 61.8 Å². The molecule has 0 spiro atoms. The minimum Gasteiger partial charge on any atom is -0.497 e. The Hall–Kier alpha value is -4.46. The van der Waals surface area contributed by atoms with Crippen molar-refractivity contribution < 1.29 is 19.0 Å². The molecule has 1 N–H and O–H groups in total. The second kappa shape index (κ2) is 8.58. The summed E-state index contributed by atoms with van der Waals surface area (Å²) in [5.41, 5.74) is 2.30. The van der Waals surface area contributed by atoms with Crippen molar-refractivity contribution in [2.24, 2.45) is 0 Å². The van der Waals surface area contributed by atoms with Gasteiger partial charge in [-0.2, -0.15) is 0 Å². The van der Waals surface area contributed by atoms with Crippen molar-refractivity contribution in [1.29, 1.82) is 0 Å². The Bertz CT molecular complexity index is 1360. The number of ether oxygens (including phenoxy) is 3. The third kappa shape index (κ3) is 4.06. The van der Waals surface area contributed by atoms with Gasteiger partial charge in [0.1, 0.15) is 12.3 Å². The normalized spacial score (nSPS) is 11.9. The van der Waals surface area contributed by atoms with Gasteiger partial charge in [-0.1, -0.05) is 18.2 Å². The second-order valence-electron chi connectivity index (χ2n) is 7.43. The molecule has 166 valence electrons. The van der Waals surface area contributed by atoms with E-state index in [0.717, 1.165) is 5.56 Å². The molecular weight excluding hydrogens is 422 g/mol. The summed E-state index contributed by atoms with van der Waals surface area (Å²) >= 11 is 0. The Morgan fingerprint density at radius 3 is 2.52 bits per heavy atom. The standard InChI is InChI=1S/C25H21N3O5/c1-31-20-10-8-19(9-11-20)27-14-21(17-7-12-22-23(13-17)33-16-32-22)28(25(27)30)15-24(29)26-18-5-3-2-4-6-18/h2-14H,15-16H2,1H3,(H,26,29). The molecule has 1 amide bonds. The van der Waals surface area contributed by atoms with Gasteiger partial charge >= 0.3 is 5.69 Å². The number of aromatic nitrogens is 2. The molecule has 4 aromatic rings. The zero-order chi connectivity index (χ0) is 22.8. The molecule has 3 aromatic carbocycles. The number of benzene rings is 3. The van der Waals surface area contributed by atoms with Gasteiger partial charge in [0.15, 0.2) is 11.5 Å². The van der Waals surface area contributed by atoms with Gasteiger partial charge in [-0.25, -0.2) is 4.79 Å². The van der Waals surface area contributed by atoms with Gasteiger partial charge in [0.05, 0.1) is 18.5 Å². The van der Waals surface area contributed by atoms with Crippen LogP contribution in [0.4, 0.5) is 5.69 Å². The average molecular weight is 443 g/mol. The van der Waals surface area contributed by atoms with Gasteiger partial charge in [-0.15, -0.1) is 0 Å². The maximum atomic E-state index is 13.4. The van der Waals surface area contributed by atoms with E-state index in [1.165, 1.54) is 9.13 Å². The number of anilines is 1. The lowest BCUT2D eigenvalue weighted by Gasteiger charge is -2.09. The minimum absolute atomic E-state index is 0.151. The molecule has 0 aliphatic carbocycles. The smallest absolute Gasteiger partial charge is 0.333 e. The van der Waals surface area contributed by atoms with Crippen LogP contribution in [0.5, 0.6) is 17.2 Å². The first kappa shape index (κ1) is 20.4. The van der Waals surface area contributed by atoms with Crippen LogP contribution in [-0.4, -0.2) is 28.9 Å². The molecule has 1 aliphatic heterocycles.